The summed E-state index contributed by atoms with van der Waals surface area (Å²) in [5.41, 5.74) is -0.304. The summed E-state index contributed by atoms with van der Waals surface area (Å²) in [5.74, 6) is 0.226. The van der Waals surface area contributed by atoms with Crippen LogP contribution in [-0.4, -0.2) is 23.2 Å². The quantitative estimate of drug-likeness (QED) is 0.684. The lowest BCUT2D eigenvalue weighted by molar-refractivity contribution is -0.129. The number of piperidine rings is 1. The van der Waals surface area contributed by atoms with Gasteiger partial charge in [0.15, 0.2) is 5.78 Å². The van der Waals surface area contributed by atoms with Gasteiger partial charge >= 0.3 is 0 Å². The summed E-state index contributed by atoms with van der Waals surface area (Å²) in [6.45, 7) is 7.94. The number of nitrogens with one attached hydrogen (secondary N) is 1. The number of hydrogen-bond donors (Lipinski definition) is 1. The van der Waals surface area contributed by atoms with Crippen LogP contribution in [0.4, 0.5) is 0 Å². The van der Waals surface area contributed by atoms with Crippen LogP contribution >= 0.6 is 11.6 Å². The van der Waals surface area contributed by atoms with Crippen LogP contribution in [0.25, 0.3) is 0 Å². The molecular weight excluding hydrogens is 198 g/mol. The van der Waals surface area contributed by atoms with E-state index < -0.39 is 0 Å². The van der Waals surface area contributed by atoms with Gasteiger partial charge in [-0.15, -0.1) is 11.6 Å². The number of ketones is 1. The molecule has 82 valence electrons. The van der Waals surface area contributed by atoms with Gasteiger partial charge in [-0.3, -0.25) is 4.79 Å². The largest absolute Gasteiger partial charge is 0.304 e. The Kier molecular flexibility index (Phi) is 3.59. The fourth-order valence-electron chi connectivity index (χ4n) is 1.78. The van der Waals surface area contributed by atoms with Crippen molar-refractivity contribution in [3.05, 3.63) is 0 Å². The summed E-state index contributed by atoms with van der Waals surface area (Å²) < 4.78 is 0. The minimum atomic E-state index is -0.304. The number of alkyl halides is 1. The topological polar surface area (TPSA) is 29.1 Å². The number of halogens is 1. The summed E-state index contributed by atoms with van der Waals surface area (Å²) in [5, 5.41) is 3.25. The van der Waals surface area contributed by atoms with Crippen molar-refractivity contribution in [3.8, 4) is 0 Å². The van der Waals surface area contributed by atoms with Crippen molar-refractivity contribution in [3.63, 3.8) is 0 Å². The van der Waals surface area contributed by atoms with Crippen LogP contribution in [0.3, 0.4) is 0 Å². The lowest BCUT2D eigenvalue weighted by Crippen LogP contribution is -2.54. The average molecular weight is 218 g/mol. The molecule has 1 fully saturated rings. The van der Waals surface area contributed by atoms with Crippen molar-refractivity contribution in [1.29, 1.82) is 0 Å². The molecule has 1 aliphatic rings. The van der Waals surface area contributed by atoms with Gasteiger partial charge in [-0.1, -0.05) is 20.8 Å². The number of Topliss-reactive ketones (excluding diaryl/α,β-unsaturated/α-hetero) is 1. The summed E-state index contributed by atoms with van der Waals surface area (Å²) in [6, 6.07) is 0.238. The molecule has 3 unspecified atom stereocenters. The Balaban J connectivity index is 2.70. The standard InChI is InChI=1S/C11H20ClNO/c1-7-5-6-8(12)9(13-7)10(14)11(2,3)4/h7-9,13H,5-6H2,1-4H3. The van der Waals surface area contributed by atoms with Gasteiger partial charge < -0.3 is 5.32 Å². The highest BCUT2D eigenvalue weighted by Gasteiger charge is 2.37. The first-order valence-electron chi connectivity index (χ1n) is 5.27. The fourth-order valence-corrected chi connectivity index (χ4v) is 2.09. The van der Waals surface area contributed by atoms with E-state index in [0.717, 1.165) is 12.8 Å². The predicted molar refractivity (Wildman–Crippen MR) is 59.7 cm³/mol. The molecule has 1 heterocycles. The first kappa shape index (κ1) is 12.0. The SMILES string of the molecule is CC1CCC(Cl)C(C(=O)C(C)(C)C)N1. The predicted octanol–water partition coefficient (Wildman–Crippen LogP) is 2.35. The second kappa shape index (κ2) is 4.19. The molecule has 0 aromatic rings. The molecule has 0 aromatic heterocycles. The maximum atomic E-state index is 12.0. The van der Waals surface area contributed by atoms with E-state index in [9.17, 15) is 4.79 Å². The maximum Gasteiger partial charge on any atom is 0.156 e. The van der Waals surface area contributed by atoms with Gasteiger partial charge in [-0.2, -0.15) is 0 Å². The molecule has 0 amide bonds. The molecule has 0 aromatic carbocycles. The summed E-state index contributed by atoms with van der Waals surface area (Å²) in [7, 11) is 0. The molecule has 0 saturated carbocycles. The lowest BCUT2D eigenvalue weighted by Gasteiger charge is -2.35. The lowest BCUT2D eigenvalue weighted by atomic mass is 9.82. The van der Waals surface area contributed by atoms with E-state index in [1.165, 1.54) is 0 Å². The van der Waals surface area contributed by atoms with Crippen LogP contribution in [0.2, 0.25) is 0 Å². The number of hydrogen-bond acceptors (Lipinski definition) is 2. The minimum absolute atomic E-state index is 0.0436. The molecule has 1 saturated heterocycles. The van der Waals surface area contributed by atoms with E-state index in [1.807, 2.05) is 20.8 Å². The summed E-state index contributed by atoms with van der Waals surface area (Å²) in [6.07, 6.45) is 1.99. The van der Waals surface area contributed by atoms with Crippen LogP contribution in [-0.2, 0) is 4.79 Å². The smallest absolute Gasteiger partial charge is 0.156 e. The molecule has 14 heavy (non-hydrogen) atoms. The molecule has 0 bridgehead atoms. The van der Waals surface area contributed by atoms with Crippen molar-refractivity contribution in [2.24, 2.45) is 5.41 Å². The van der Waals surface area contributed by atoms with Crippen LogP contribution in [0, 0.1) is 5.41 Å². The number of carbonyl (C=O) groups excluding carboxylic acids is 1. The zero-order chi connectivity index (χ0) is 10.9. The number of carbonyl (C=O) groups is 1. The summed E-state index contributed by atoms with van der Waals surface area (Å²) in [4.78, 5) is 12.0. The number of rotatable bonds is 1. The highest BCUT2D eigenvalue weighted by Crippen LogP contribution is 2.25. The molecule has 1 aliphatic heterocycles. The summed E-state index contributed by atoms with van der Waals surface area (Å²) >= 11 is 6.17. The molecule has 1 N–H and O–H groups in total. The third-order valence-corrected chi connectivity index (χ3v) is 3.19. The average Bonchev–Trinajstić information content (AvgIpc) is 2.06. The first-order chi connectivity index (χ1) is 6.32. The third kappa shape index (κ3) is 2.71. The van der Waals surface area contributed by atoms with Gasteiger partial charge in [-0.05, 0) is 19.8 Å². The maximum absolute atomic E-state index is 12.0. The van der Waals surface area contributed by atoms with Crippen molar-refractivity contribution < 1.29 is 4.79 Å². The molecule has 3 heteroatoms. The Bertz CT molecular complexity index is 222. The van der Waals surface area contributed by atoms with Gasteiger partial charge in [0.25, 0.3) is 0 Å². The van der Waals surface area contributed by atoms with E-state index in [1.54, 1.807) is 0 Å². The Labute approximate surface area is 91.4 Å². The van der Waals surface area contributed by atoms with Crippen molar-refractivity contribution in [2.75, 3.05) is 0 Å². The van der Waals surface area contributed by atoms with Crippen LogP contribution in [0.1, 0.15) is 40.5 Å². The van der Waals surface area contributed by atoms with E-state index in [4.69, 9.17) is 11.6 Å². The first-order valence-corrected chi connectivity index (χ1v) is 5.70. The van der Waals surface area contributed by atoms with E-state index in [0.29, 0.717) is 6.04 Å². The second-order valence-electron chi connectivity index (χ2n) is 5.25. The van der Waals surface area contributed by atoms with E-state index >= 15 is 0 Å². The Morgan fingerprint density at radius 3 is 2.43 bits per heavy atom. The van der Waals surface area contributed by atoms with E-state index in [2.05, 4.69) is 12.2 Å². The normalized spacial score (nSPS) is 34.2. The van der Waals surface area contributed by atoms with Crippen LogP contribution in [0.15, 0.2) is 0 Å². The Morgan fingerprint density at radius 2 is 1.93 bits per heavy atom. The molecular formula is C11H20ClNO. The van der Waals surface area contributed by atoms with Crippen LogP contribution < -0.4 is 5.32 Å². The molecule has 3 atom stereocenters. The molecule has 1 rings (SSSR count). The fraction of sp³-hybridized carbons (Fsp3) is 0.909. The van der Waals surface area contributed by atoms with Gasteiger partial charge in [-0.25, -0.2) is 0 Å². The molecule has 0 spiro atoms. The van der Waals surface area contributed by atoms with Crippen molar-refractivity contribution in [1.82, 2.24) is 5.32 Å². The highest BCUT2D eigenvalue weighted by atomic mass is 35.5. The Hall–Kier alpha value is -0.0800. The van der Waals surface area contributed by atoms with Gasteiger partial charge in [0.1, 0.15) is 0 Å². The van der Waals surface area contributed by atoms with Gasteiger partial charge in [0, 0.05) is 11.5 Å². The zero-order valence-electron chi connectivity index (χ0n) is 9.43. The molecule has 0 radical (unpaired) electrons. The monoisotopic (exact) mass is 217 g/mol. The highest BCUT2D eigenvalue weighted by molar-refractivity contribution is 6.23. The molecule has 2 nitrogen and oxygen atoms in total. The van der Waals surface area contributed by atoms with E-state index in [-0.39, 0.29) is 22.6 Å². The Morgan fingerprint density at radius 1 is 1.36 bits per heavy atom. The molecule has 0 aliphatic carbocycles. The minimum Gasteiger partial charge on any atom is -0.304 e. The van der Waals surface area contributed by atoms with Crippen molar-refractivity contribution in [2.45, 2.75) is 58.0 Å². The second-order valence-corrected chi connectivity index (χ2v) is 5.81. The van der Waals surface area contributed by atoms with Crippen molar-refractivity contribution >= 4 is 17.4 Å². The van der Waals surface area contributed by atoms with Gasteiger partial charge in [0.2, 0.25) is 0 Å². The zero-order valence-corrected chi connectivity index (χ0v) is 10.2. The van der Waals surface area contributed by atoms with Crippen LogP contribution in [0.5, 0.6) is 0 Å². The third-order valence-electron chi connectivity index (χ3n) is 2.72. The van der Waals surface area contributed by atoms with Gasteiger partial charge in [0.05, 0.1) is 11.4 Å².